The van der Waals surface area contributed by atoms with Gasteiger partial charge in [0.15, 0.2) is 0 Å². The number of carbonyl (C=O) groups is 1. The lowest BCUT2D eigenvalue weighted by Crippen LogP contribution is -2.17. The van der Waals surface area contributed by atoms with Crippen molar-refractivity contribution in [1.82, 2.24) is 0 Å². The summed E-state index contributed by atoms with van der Waals surface area (Å²) in [6.45, 7) is 1.93. The summed E-state index contributed by atoms with van der Waals surface area (Å²) in [7, 11) is 3.23. The molecule has 0 aliphatic heterocycles. The summed E-state index contributed by atoms with van der Waals surface area (Å²) in [6.07, 6.45) is 1.60. The van der Waals surface area contributed by atoms with Crippen molar-refractivity contribution in [3.8, 4) is 11.5 Å². The summed E-state index contributed by atoms with van der Waals surface area (Å²) in [6, 6.07) is 21.6. The zero-order valence-corrected chi connectivity index (χ0v) is 19.5. The zero-order chi connectivity index (χ0) is 23.8. The van der Waals surface area contributed by atoms with Gasteiger partial charge in [0, 0.05) is 5.56 Å². The Kier molecular flexibility index (Phi) is 8.50. The second kappa shape index (κ2) is 11.5. The first-order valence-corrected chi connectivity index (χ1v) is 11.2. The van der Waals surface area contributed by atoms with Gasteiger partial charge in [-0.3, -0.25) is 4.79 Å². The van der Waals surface area contributed by atoms with Gasteiger partial charge in [-0.25, -0.2) is 0 Å². The van der Waals surface area contributed by atoms with Crippen LogP contribution in [0.1, 0.15) is 40.3 Å². The molecule has 5 nitrogen and oxygen atoms in total. The molecule has 3 rings (SSSR count). The van der Waals surface area contributed by atoms with Crippen LogP contribution in [0.2, 0.25) is 0 Å². The monoisotopic (exact) mass is 448 g/mol. The molecule has 3 aromatic rings. The van der Waals surface area contributed by atoms with Crippen molar-refractivity contribution < 1.29 is 24.5 Å². The number of benzene rings is 3. The number of carboxylic acid groups (broad SMARTS) is 1. The lowest BCUT2D eigenvalue weighted by molar-refractivity contribution is -0.136. The second-order valence-corrected chi connectivity index (χ2v) is 8.37. The quantitative estimate of drug-likeness (QED) is 0.424. The predicted octanol–water partition coefficient (Wildman–Crippen LogP) is 5.16. The molecule has 33 heavy (non-hydrogen) atoms. The van der Waals surface area contributed by atoms with E-state index >= 15 is 0 Å². The largest absolute Gasteiger partial charge is 0.496 e. The van der Waals surface area contributed by atoms with Crippen LogP contribution in [-0.2, 0) is 24.1 Å². The molecule has 0 bridgehead atoms. The standard InChI is InChI=1S/C28H32O5/c1-19-25(32-2)17-24(18-26(19)33-3)28(31)23(14-13-20-7-5-4-6-8-20)15-21-9-11-22(12-10-21)16-27(29)30/h4-12,17-18,23,28,31H,13-16H2,1-3H3,(H,29,30)/t23-,28?/m1/s1. The molecule has 0 saturated heterocycles. The van der Waals surface area contributed by atoms with Gasteiger partial charge >= 0.3 is 5.97 Å². The molecule has 174 valence electrons. The fraction of sp³-hybridized carbons (Fsp3) is 0.321. The van der Waals surface area contributed by atoms with Crippen molar-refractivity contribution in [3.05, 3.63) is 94.5 Å². The SMILES string of the molecule is COc1cc(C(O)[C@H](CCc2ccccc2)Cc2ccc(CC(=O)O)cc2)cc(OC)c1C. The van der Waals surface area contributed by atoms with E-state index in [9.17, 15) is 9.90 Å². The normalized spacial score (nSPS) is 12.7. The van der Waals surface area contributed by atoms with Crippen LogP contribution in [0, 0.1) is 12.8 Å². The molecule has 0 aliphatic carbocycles. The van der Waals surface area contributed by atoms with Gasteiger partial charge in [-0.2, -0.15) is 0 Å². The zero-order valence-electron chi connectivity index (χ0n) is 19.5. The Hall–Kier alpha value is -3.31. The van der Waals surface area contributed by atoms with Crippen LogP contribution in [0.3, 0.4) is 0 Å². The maximum Gasteiger partial charge on any atom is 0.307 e. The van der Waals surface area contributed by atoms with Crippen LogP contribution < -0.4 is 9.47 Å². The highest BCUT2D eigenvalue weighted by Crippen LogP contribution is 2.36. The Balaban J connectivity index is 1.86. The fourth-order valence-electron chi connectivity index (χ4n) is 4.19. The summed E-state index contributed by atoms with van der Waals surface area (Å²) in [5.41, 5.74) is 4.71. The van der Waals surface area contributed by atoms with E-state index in [0.717, 1.165) is 35.1 Å². The smallest absolute Gasteiger partial charge is 0.307 e. The first-order chi connectivity index (χ1) is 15.9. The molecule has 0 amide bonds. The number of ether oxygens (including phenoxy) is 2. The number of methoxy groups -OCH3 is 2. The van der Waals surface area contributed by atoms with Gasteiger partial charge in [0.25, 0.3) is 0 Å². The van der Waals surface area contributed by atoms with E-state index in [0.29, 0.717) is 17.9 Å². The third kappa shape index (κ3) is 6.59. The van der Waals surface area contributed by atoms with Crippen LogP contribution in [-0.4, -0.2) is 30.4 Å². The molecule has 2 atom stereocenters. The molecule has 3 aromatic carbocycles. The summed E-state index contributed by atoms with van der Waals surface area (Å²) < 4.78 is 11.0. The van der Waals surface area contributed by atoms with E-state index in [-0.39, 0.29) is 12.3 Å². The first-order valence-electron chi connectivity index (χ1n) is 11.2. The average Bonchev–Trinajstić information content (AvgIpc) is 2.83. The number of rotatable bonds is 11. The van der Waals surface area contributed by atoms with E-state index in [1.54, 1.807) is 14.2 Å². The molecule has 0 heterocycles. The minimum absolute atomic E-state index is 0.00327. The highest BCUT2D eigenvalue weighted by atomic mass is 16.5. The maximum atomic E-state index is 11.4. The molecular weight excluding hydrogens is 416 g/mol. The van der Waals surface area contributed by atoms with Crippen molar-refractivity contribution >= 4 is 5.97 Å². The van der Waals surface area contributed by atoms with Crippen molar-refractivity contribution in [2.75, 3.05) is 14.2 Å². The molecule has 0 saturated carbocycles. The molecule has 0 spiro atoms. The second-order valence-electron chi connectivity index (χ2n) is 8.37. The van der Waals surface area contributed by atoms with Crippen LogP contribution >= 0.6 is 0 Å². The number of aliphatic hydroxyl groups is 1. The Morgan fingerprint density at radius 1 is 0.879 bits per heavy atom. The first kappa shape index (κ1) is 24.3. The number of aryl methyl sites for hydroxylation is 1. The summed E-state index contributed by atoms with van der Waals surface area (Å²) in [5.74, 6) is 0.472. The van der Waals surface area contributed by atoms with Gasteiger partial charge in [0.2, 0.25) is 0 Å². The number of aliphatic carboxylic acids is 1. The molecule has 1 unspecified atom stereocenters. The molecule has 0 aromatic heterocycles. The molecule has 0 radical (unpaired) electrons. The lowest BCUT2D eigenvalue weighted by Gasteiger charge is -2.25. The minimum Gasteiger partial charge on any atom is -0.496 e. The fourth-order valence-corrected chi connectivity index (χ4v) is 4.19. The number of aliphatic hydroxyl groups excluding tert-OH is 1. The number of hydrogen-bond acceptors (Lipinski definition) is 4. The van der Waals surface area contributed by atoms with Gasteiger partial charge < -0.3 is 19.7 Å². The highest BCUT2D eigenvalue weighted by molar-refractivity contribution is 5.70. The molecule has 5 heteroatoms. The van der Waals surface area contributed by atoms with E-state index in [1.807, 2.05) is 61.5 Å². The van der Waals surface area contributed by atoms with E-state index in [1.165, 1.54) is 5.56 Å². The Bertz CT molecular complexity index is 1020. The van der Waals surface area contributed by atoms with Crippen LogP contribution in [0.15, 0.2) is 66.7 Å². The van der Waals surface area contributed by atoms with E-state index < -0.39 is 12.1 Å². The predicted molar refractivity (Wildman–Crippen MR) is 129 cm³/mol. The third-order valence-corrected chi connectivity index (χ3v) is 6.09. The van der Waals surface area contributed by atoms with E-state index in [4.69, 9.17) is 14.6 Å². The van der Waals surface area contributed by atoms with Crippen molar-refractivity contribution in [3.63, 3.8) is 0 Å². The van der Waals surface area contributed by atoms with Gasteiger partial charge in [-0.15, -0.1) is 0 Å². The van der Waals surface area contributed by atoms with Crippen LogP contribution in [0.5, 0.6) is 11.5 Å². The Morgan fingerprint density at radius 3 is 2.00 bits per heavy atom. The van der Waals surface area contributed by atoms with Crippen molar-refractivity contribution in [2.45, 2.75) is 38.7 Å². The summed E-state index contributed by atoms with van der Waals surface area (Å²) >= 11 is 0. The Labute approximate surface area is 195 Å². The minimum atomic E-state index is -0.846. The molecule has 0 aliphatic rings. The van der Waals surface area contributed by atoms with Gasteiger partial charge in [-0.1, -0.05) is 54.6 Å². The number of carboxylic acids is 1. The van der Waals surface area contributed by atoms with Gasteiger partial charge in [0.1, 0.15) is 11.5 Å². The van der Waals surface area contributed by atoms with Crippen LogP contribution in [0.4, 0.5) is 0 Å². The lowest BCUT2D eigenvalue weighted by atomic mass is 9.85. The molecule has 2 N–H and O–H groups in total. The average molecular weight is 449 g/mol. The van der Waals surface area contributed by atoms with Crippen LogP contribution in [0.25, 0.3) is 0 Å². The van der Waals surface area contributed by atoms with Crippen molar-refractivity contribution in [1.29, 1.82) is 0 Å². The molecule has 0 fully saturated rings. The summed E-state index contributed by atoms with van der Waals surface area (Å²) in [4.78, 5) is 11.0. The molecular formula is C28H32O5. The van der Waals surface area contributed by atoms with Gasteiger partial charge in [0.05, 0.1) is 26.7 Å². The van der Waals surface area contributed by atoms with Gasteiger partial charge in [-0.05, 0) is 66.5 Å². The third-order valence-electron chi connectivity index (χ3n) is 6.09. The number of hydrogen-bond donors (Lipinski definition) is 2. The Morgan fingerprint density at radius 2 is 1.45 bits per heavy atom. The van der Waals surface area contributed by atoms with E-state index in [2.05, 4.69) is 12.1 Å². The highest BCUT2D eigenvalue weighted by Gasteiger charge is 2.24. The topological polar surface area (TPSA) is 76.0 Å². The summed E-state index contributed by atoms with van der Waals surface area (Å²) in [5, 5.41) is 20.4. The van der Waals surface area contributed by atoms with Crippen molar-refractivity contribution in [2.24, 2.45) is 5.92 Å². The maximum absolute atomic E-state index is 11.4.